The van der Waals surface area contributed by atoms with E-state index in [-0.39, 0.29) is 36.2 Å². The summed E-state index contributed by atoms with van der Waals surface area (Å²) in [7, 11) is 2.11. The van der Waals surface area contributed by atoms with Crippen molar-refractivity contribution >= 4 is 22.8 Å². The molecule has 1 atom stereocenters. The number of nitrogens with zero attached hydrogens (tertiary/aromatic N) is 1. The maximum atomic E-state index is 12.6. The van der Waals surface area contributed by atoms with Gasteiger partial charge < -0.3 is 40.2 Å². The number of benzene rings is 3. The largest absolute Gasteiger partial charge is 0.506 e. The number of amides is 1. The molecule has 254 valence electrons. The number of nitrogens with one attached hydrogen (secondary N) is 3. The molecule has 1 aromatic heterocycles. The van der Waals surface area contributed by atoms with Crippen molar-refractivity contribution in [2.45, 2.75) is 38.3 Å². The van der Waals surface area contributed by atoms with Gasteiger partial charge in [0.25, 0.3) is 5.91 Å². The Labute approximate surface area is 279 Å². The molecule has 0 radical (unpaired) electrons. The first-order valence-corrected chi connectivity index (χ1v) is 16.4. The maximum absolute atomic E-state index is 12.6. The molecule has 1 unspecified atom stereocenters. The minimum atomic E-state index is -0.862. The van der Waals surface area contributed by atoms with E-state index >= 15 is 0 Å². The number of aliphatic hydroxyl groups excluding tert-OH is 1. The average Bonchev–Trinajstić information content (AvgIpc) is 3.08. The molecule has 11 nitrogen and oxygen atoms in total. The fraction of sp³-hybridized carbons (Fsp3) is 0.378. The molecule has 0 saturated carbocycles. The van der Waals surface area contributed by atoms with E-state index in [2.05, 4.69) is 27.6 Å². The van der Waals surface area contributed by atoms with Crippen LogP contribution in [-0.4, -0.2) is 78.4 Å². The summed E-state index contributed by atoms with van der Waals surface area (Å²) in [6, 6.07) is 20.7. The summed E-state index contributed by atoms with van der Waals surface area (Å²) in [6.45, 7) is 4.15. The number of H-pyrrole nitrogens is 1. The second kappa shape index (κ2) is 16.9. The Balaban J connectivity index is 0.977. The third-order valence-corrected chi connectivity index (χ3v) is 8.59. The number of aromatic amines is 1. The highest BCUT2D eigenvalue weighted by molar-refractivity contribution is 5.94. The second-order valence-electron chi connectivity index (χ2n) is 12.3. The van der Waals surface area contributed by atoms with Gasteiger partial charge in [0.15, 0.2) is 0 Å². The number of aromatic nitrogens is 1. The minimum absolute atomic E-state index is 0.0556. The van der Waals surface area contributed by atoms with Crippen molar-refractivity contribution < 1.29 is 29.3 Å². The first kappa shape index (κ1) is 34.6. The normalized spacial score (nSPS) is 14.5. The number of carbonyl (C=O) groups is 2. The molecule has 3 aromatic carbocycles. The van der Waals surface area contributed by atoms with E-state index in [9.17, 15) is 24.6 Å². The van der Waals surface area contributed by atoms with Gasteiger partial charge in [0, 0.05) is 36.7 Å². The topological polar surface area (TPSA) is 153 Å². The van der Waals surface area contributed by atoms with Crippen molar-refractivity contribution in [1.29, 1.82) is 0 Å². The van der Waals surface area contributed by atoms with Crippen molar-refractivity contribution in [3.8, 4) is 11.5 Å². The molecule has 4 aromatic rings. The minimum Gasteiger partial charge on any atom is -0.506 e. The van der Waals surface area contributed by atoms with Crippen LogP contribution in [0.5, 0.6) is 11.5 Å². The van der Waals surface area contributed by atoms with E-state index < -0.39 is 6.10 Å². The predicted octanol–water partition coefficient (Wildman–Crippen LogP) is 3.68. The molecule has 0 bridgehead atoms. The molecule has 1 aliphatic heterocycles. The molecule has 0 spiro atoms. The number of carbonyl (C=O) groups excluding carboxylic acids is 2. The second-order valence-corrected chi connectivity index (χ2v) is 12.3. The van der Waals surface area contributed by atoms with E-state index in [0.29, 0.717) is 66.4 Å². The third kappa shape index (κ3) is 9.90. The van der Waals surface area contributed by atoms with Crippen LogP contribution in [0.25, 0.3) is 10.9 Å². The van der Waals surface area contributed by atoms with Gasteiger partial charge in [-0.1, -0.05) is 30.3 Å². The monoisotopic (exact) mass is 656 g/mol. The molecular weight excluding hydrogens is 612 g/mol. The van der Waals surface area contributed by atoms with Crippen LogP contribution in [0.3, 0.4) is 0 Å². The summed E-state index contributed by atoms with van der Waals surface area (Å²) in [5, 5.41) is 27.5. The van der Waals surface area contributed by atoms with Gasteiger partial charge in [0.1, 0.15) is 11.5 Å². The number of fused-ring (bicyclic) bond motifs is 1. The summed E-state index contributed by atoms with van der Waals surface area (Å²) in [5.74, 6) is 0.650. The number of pyridine rings is 1. The molecule has 0 aliphatic carbocycles. The lowest BCUT2D eigenvalue weighted by atomic mass is 9.98. The fourth-order valence-electron chi connectivity index (χ4n) is 5.76. The Morgan fingerprint density at radius 3 is 2.60 bits per heavy atom. The zero-order valence-corrected chi connectivity index (χ0v) is 27.2. The van der Waals surface area contributed by atoms with Gasteiger partial charge in [-0.25, -0.2) is 0 Å². The number of aromatic hydroxyl groups is 1. The van der Waals surface area contributed by atoms with Crippen LogP contribution < -0.4 is 20.9 Å². The van der Waals surface area contributed by atoms with E-state index in [0.717, 1.165) is 37.1 Å². The SMILES string of the molecule is CN1CCC(COC(=O)Cc2cccc(OCCCNC(=O)c3ccc(CNCC(O)c4ccc(O)c5[nH]c(=O)ccc45)cc3)c2)CC1. The van der Waals surface area contributed by atoms with Crippen molar-refractivity contribution in [1.82, 2.24) is 20.5 Å². The van der Waals surface area contributed by atoms with Crippen LogP contribution >= 0.6 is 0 Å². The van der Waals surface area contributed by atoms with E-state index in [1.54, 1.807) is 24.3 Å². The number of phenols is 1. The quantitative estimate of drug-likeness (QED) is 0.0953. The molecule has 48 heavy (non-hydrogen) atoms. The molecule has 5 N–H and O–H groups in total. The van der Waals surface area contributed by atoms with Crippen molar-refractivity contribution in [2.75, 3.05) is 46.4 Å². The van der Waals surface area contributed by atoms with Gasteiger partial charge in [-0.2, -0.15) is 0 Å². The van der Waals surface area contributed by atoms with Crippen molar-refractivity contribution in [3.63, 3.8) is 0 Å². The van der Waals surface area contributed by atoms with Gasteiger partial charge in [-0.3, -0.25) is 14.4 Å². The van der Waals surface area contributed by atoms with Crippen LogP contribution in [0.2, 0.25) is 0 Å². The van der Waals surface area contributed by atoms with Crippen LogP contribution in [0, 0.1) is 5.92 Å². The Morgan fingerprint density at radius 2 is 1.81 bits per heavy atom. The molecule has 5 rings (SSSR count). The first-order chi connectivity index (χ1) is 23.2. The molecule has 1 saturated heterocycles. The summed E-state index contributed by atoms with van der Waals surface area (Å²) in [5.41, 5.74) is 2.88. The highest BCUT2D eigenvalue weighted by atomic mass is 16.5. The Kier molecular flexibility index (Phi) is 12.2. The summed E-state index contributed by atoms with van der Waals surface area (Å²) < 4.78 is 11.4. The zero-order chi connectivity index (χ0) is 33.9. The Hall–Kier alpha value is -4.71. The van der Waals surface area contributed by atoms with Gasteiger partial charge in [-0.05, 0) is 98.4 Å². The maximum Gasteiger partial charge on any atom is 0.310 e. The molecule has 1 fully saturated rings. The molecule has 2 heterocycles. The first-order valence-electron chi connectivity index (χ1n) is 16.4. The van der Waals surface area contributed by atoms with Gasteiger partial charge >= 0.3 is 5.97 Å². The van der Waals surface area contributed by atoms with Gasteiger partial charge in [0.2, 0.25) is 5.56 Å². The molecule has 11 heteroatoms. The Morgan fingerprint density at radius 1 is 1.02 bits per heavy atom. The number of piperidine rings is 1. The number of esters is 1. The van der Waals surface area contributed by atoms with Crippen LogP contribution in [0.15, 0.2) is 77.6 Å². The van der Waals surface area contributed by atoms with E-state index in [4.69, 9.17) is 9.47 Å². The molecule has 1 aliphatic rings. The number of hydrogen-bond donors (Lipinski definition) is 5. The predicted molar refractivity (Wildman–Crippen MR) is 183 cm³/mol. The fourth-order valence-corrected chi connectivity index (χ4v) is 5.76. The summed E-state index contributed by atoms with van der Waals surface area (Å²) >= 11 is 0. The molecular formula is C37H44N4O7. The van der Waals surface area contributed by atoms with E-state index in [1.807, 2.05) is 36.4 Å². The lowest BCUT2D eigenvalue weighted by Crippen LogP contribution is -2.32. The van der Waals surface area contributed by atoms with Crippen molar-refractivity contribution in [2.24, 2.45) is 5.92 Å². The highest BCUT2D eigenvalue weighted by Gasteiger charge is 2.19. The smallest absolute Gasteiger partial charge is 0.310 e. The number of rotatable bonds is 15. The molecule has 1 amide bonds. The van der Waals surface area contributed by atoms with Crippen LogP contribution in [0.1, 0.15) is 52.4 Å². The summed E-state index contributed by atoms with van der Waals surface area (Å²) in [4.78, 5) is 41.5. The number of aliphatic hydroxyl groups is 1. The lowest BCUT2D eigenvalue weighted by Gasteiger charge is -2.28. The highest BCUT2D eigenvalue weighted by Crippen LogP contribution is 2.28. The zero-order valence-electron chi connectivity index (χ0n) is 27.2. The Bertz CT molecular complexity index is 1730. The van der Waals surface area contributed by atoms with E-state index in [1.165, 1.54) is 12.1 Å². The van der Waals surface area contributed by atoms with Gasteiger partial charge in [0.05, 0.1) is 31.3 Å². The lowest BCUT2D eigenvalue weighted by molar-refractivity contribution is -0.144. The number of phenolic OH excluding ortho intramolecular Hbond substituents is 1. The van der Waals surface area contributed by atoms with Crippen LogP contribution in [0.4, 0.5) is 0 Å². The number of ether oxygens (including phenoxy) is 2. The number of hydrogen-bond acceptors (Lipinski definition) is 9. The summed E-state index contributed by atoms with van der Waals surface area (Å²) in [6.07, 6.45) is 2.07. The van der Waals surface area contributed by atoms with Crippen LogP contribution in [-0.2, 0) is 22.5 Å². The van der Waals surface area contributed by atoms with Crippen molar-refractivity contribution in [3.05, 3.63) is 105 Å². The average molecular weight is 657 g/mol. The third-order valence-electron chi connectivity index (χ3n) is 8.59. The van der Waals surface area contributed by atoms with Gasteiger partial charge in [-0.15, -0.1) is 0 Å². The number of likely N-dealkylation sites (tertiary alicyclic amines) is 1. The standard InChI is InChI=1S/C37H44N4O7/c1-41-17-14-26(15-18-41)24-48-35(45)21-27-4-2-5-29(20-27)47-19-3-16-39-37(46)28-8-6-25(7-9-28)22-38-23-33(43)30-10-12-32(42)36-31(30)11-13-34(44)40-36/h2,4-13,20,26,33,38,42-43H,3,14-19,21-24H2,1H3,(H,39,46)(H,40,44).